The molecule has 0 aliphatic rings. The van der Waals surface area contributed by atoms with Crippen LogP contribution in [0.4, 0.5) is 5.69 Å². The van der Waals surface area contributed by atoms with Gasteiger partial charge in [0.05, 0.1) is 10.7 Å². The van der Waals surface area contributed by atoms with E-state index < -0.39 is 0 Å². The van der Waals surface area contributed by atoms with Crippen molar-refractivity contribution in [3.8, 4) is 0 Å². The van der Waals surface area contributed by atoms with Crippen LogP contribution in [-0.4, -0.2) is 15.9 Å². The van der Waals surface area contributed by atoms with E-state index in [1.165, 1.54) is 6.33 Å². The van der Waals surface area contributed by atoms with Crippen LogP contribution in [0.5, 0.6) is 0 Å². The lowest BCUT2D eigenvalue weighted by molar-refractivity contribution is 0.102. The molecule has 1 heterocycles. The van der Waals surface area contributed by atoms with Crippen molar-refractivity contribution in [2.75, 3.05) is 5.32 Å². The minimum absolute atomic E-state index is 0.291. The topological polar surface area (TPSA) is 54.9 Å². The zero-order chi connectivity index (χ0) is 13.0. The molecule has 5 heteroatoms. The number of hydrogen-bond donors (Lipinski definition) is 1. The fourth-order valence-corrected chi connectivity index (χ4v) is 1.65. The van der Waals surface area contributed by atoms with Crippen molar-refractivity contribution in [2.45, 2.75) is 13.3 Å². The van der Waals surface area contributed by atoms with E-state index in [2.05, 4.69) is 15.3 Å². The van der Waals surface area contributed by atoms with Gasteiger partial charge in [-0.1, -0.05) is 30.7 Å². The summed E-state index contributed by atoms with van der Waals surface area (Å²) in [5, 5.41) is 3.21. The first kappa shape index (κ1) is 12.5. The summed E-state index contributed by atoms with van der Waals surface area (Å²) in [4.78, 5) is 20.0. The number of aryl methyl sites for hydroxylation is 1. The van der Waals surface area contributed by atoms with Gasteiger partial charge in [0.15, 0.2) is 0 Å². The third kappa shape index (κ3) is 2.84. The SMILES string of the molecule is CCc1cc(C(=O)Nc2ccccc2Cl)ncn1. The van der Waals surface area contributed by atoms with Crippen molar-refractivity contribution in [3.63, 3.8) is 0 Å². The molecular formula is C13H12ClN3O. The van der Waals surface area contributed by atoms with Gasteiger partial charge in [-0.3, -0.25) is 4.79 Å². The van der Waals surface area contributed by atoms with Crippen LogP contribution in [0.3, 0.4) is 0 Å². The minimum Gasteiger partial charge on any atom is -0.319 e. The molecule has 2 rings (SSSR count). The molecule has 0 aliphatic carbocycles. The number of nitrogens with one attached hydrogen (secondary N) is 1. The highest BCUT2D eigenvalue weighted by molar-refractivity contribution is 6.33. The van der Waals surface area contributed by atoms with E-state index >= 15 is 0 Å². The summed E-state index contributed by atoms with van der Waals surface area (Å²) in [5.41, 5.74) is 1.73. The predicted molar refractivity (Wildman–Crippen MR) is 70.8 cm³/mol. The number of hydrogen-bond acceptors (Lipinski definition) is 3. The number of carbonyl (C=O) groups is 1. The van der Waals surface area contributed by atoms with E-state index in [4.69, 9.17) is 11.6 Å². The summed E-state index contributed by atoms with van der Waals surface area (Å²) < 4.78 is 0. The van der Waals surface area contributed by atoms with Crippen molar-refractivity contribution >= 4 is 23.2 Å². The van der Waals surface area contributed by atoms with E-state index in [9.17, 15) is 4.79 Å². The summed E-state index contributed by atoms with van der Waals surface area (Å²) in [7, 11) is 0. The van der Waals surface area contributed by atoms with Crippen LogP contribution in [0.15, 0.2) is 36.7 Å². The molecule has 18 heavy (non-hydrogen) atoms. The molecule has 0 aliphatic heterocycles. The molecule has 0 spiro atoms. The second kappa shape index (κ2) is 5.60. The van der Waals surface area contributed by atoms with Gasteiger partial charge in [-0.15, -0.1) is 0 Å². The van der Waals surface area contributed by atoms with Gasteiger partial charge in [0.2, 0.25) is 0 Å². The maximum Gasteiger partial charge on any atom is 0.274 e. The van der Waals surface area contributed by atoms with Crippen LogP contribution in [0.2, 0.25) is 5.02 Å². The largest absolute Gasteiger partial charge is 0.319 e. The number of benzene rings is 1. The van der Waals surface area contributed by atoms with Crippen LogP contribution >= 0.6 is 11.6 Å². The molecule has 1 aromatic carbocycles. The Morgan fingerprint density at radius 1 is 1.33 bits per heavy atom. The molecule has 0 saturated heterocycles. The molecule has 1 aromatic heterocycles. The number of halogens is 1. The molecular weight excluding hydrogens is 250 g/mol. The average Bonchev–Trinajstić information content (AvgIpc) is 2.41. The van der Waals surface area contributed by atoms with Crippen LogP contribution < -0.4 is 5.32 Å². The van der Waals surface area contributed by atoms with Gasteiger partial charge in [0.25, 0.3) is 5.91 Å². The van der Waals surface area contributed by atoms with E-state index in [-0.39, 0.29) is 5.91 Å². The van der Waals surface area contributed by atoms with Crippen molar-refractivity contribution in [1.82, 2.24) is 9.97 Å². The molecule has 0 unspecified atom stereocenters. The highest BCUT2D eigenvalue weighted by Crippen LogP contribution is 2.20. The smallest absolute Gasteiger partial charge is 0.274 e. The molecule has 0 saturated carbocycles. The van der Waals surface area contributed by atoms with Crippen LogP contribution in [0, 0.1) is 0 Å². The standard InChI is InChI=1S/C13H12ClN3O/c1-2-9-7-12(16-8-15-9)13(18)17-11-6-4-3-5-10(11)14/h3-8H,2H2,1H3,(H,17,18). The van der Waals surface area contributed by atoms with Gasteiger partial charge in [0.1, 0.15) is 12.0 Å². The van der Waals surface area contributed by atoms with Crippen molar-refractivity contribution in [3.05, 3.63) is 53.1 Å². The summed E-state index contributed by atoms with van der Waals surface area (Å²) in [5.74, 6) is -0.291. The number of amides is 1. The first-order valence-corrected chi connectivity index (χ1v) is 5.95. The summed E-state index contributed by atoms with van der Waals surface area (Å²) in [6, 6.07) is 8.74. The fourth-order valence-electron chi connectivity index (χ4n) is 1.46. The van der Waals surface area contributed by atoms with E-state index in [0.29, 0.717) is 16.4 Å². The quantitative estimate of drug-likeness (QED) is 0.924. The lowest BCUT2D eigenvalue weighted by atomic mass is 10.2. The molecule has 0 radical (unpaired) electrons. The minimum atomic E-state index is -0.291. The number of anilines is 1. The number of rotatable bonds is 3. The zero-order valence-electron chi connectivity index (χ0n) is 9.85. The van der Waals surface area contributed by atoms with Gasteiger partial charge in [0, 0.05) is 5.69 Å². The molecule has 0 fully saturated rings. The lowest BCUT2D eigenvalue weighted by Gasteiger charge is -2.06. The highest BCUT2D eigenvalue weighted by atomic mass is 35.5. The summed E-state index contributed by atoms with van der Waals surface area (Å²) in [6.07, 6.45) is 2.15. The van der Waals surface area contributed by atoms with Crippen molar-refractivity contribution in [2.24, 2.45) is 0 Å². The fraction of sp³-hybridized carbons (Fsp3) is 0.154. The average molecular weight is 262 g/mol. The first-order valence-electron chi connectivity index (χ1n) is 5.57. The monoisotopic (exact) mass is 261 g/mol. The summed E-state index contributed by atoms with van der Waals surface area (Å²) >= 11 is 5.97. The van der Waals surface area contributed by atoms with Gasteiger partial charge >= 0.3 is 0 Å². The van der Waals surface area contributed by atoms with E-state index in [0.717, 1.165) is 12.1 Å². The van der Waals surface area contributed by atoms with E-state index in [1.54, 1.807) is 30.3 Å². The Kier molecular flexibility index (Phi) is 3.89. The zero-order valence-corrected chi connectivity index (χ0v) is 10.6. The Hall–Kier alpha value is -1.94. The molecule has 1 amide bonds. The van der Waals surface area contributed by atoms with Gasteiger partial charge < -0.3 is 5.32 Å². The number of aromatic nitrogens is 2. The molecule has 1 N–H and O–H groups in total. The van der Waals surface area contributed by atoms with Gasteiger partial charge in [-0.05, 0) is 24.6 Å². The number of para-hydroxylation sites is 1. The lowest BCUT2D eigenvalue weighted by Crippen LogP contribution is -2.14. The molecule has 92 valence electrons. The summed E-state index contributed by atoms with van der Waals surface area (Å²) in [6.45, 7) is 1.97. The Balaban J connectivity index is 2.19. The van der Waals surface area contributed by atoms with Crippen LogP contribution in [0.25, 0.3) is 0 Å². The van der Waals surface area contributed by atoms with Gasteiger partial charge in [-0.25, -0.2) is 9.97 Å². The Morgan fingerprint density at radius 2 is 2.11 bits per heavy atom. The number of carbonyl (C=O) groups excluding carboxylic acids is 1. The second-order valence-electron chi connectivity index (χ2n) is 3.68. The molecule has 0 atom stereocenters. The molecule has 0 bridgehead atoms. The maximum absolute atomic E-state index is 12.0. The maximum atomic E-state index is 12.0. The van der Waals surface area contributed by atoms with Crippen LogP contribution in [0.1, 0.15) is 23.1 Å². The first-order chi connectivity index (χ1) is 8.70. The highest BCUT2D eigenvalue weighted by Gasteiger charge is 2.10. The second-order valence-corrected chi connectivity index (χ2v) is 4.09. The third-order valence-corrected chi connectivity index (χ3v) is 2.77. The number of nitrogens with zero attached hydrogens (tertiary/aromatic N) is 2. The third-order valence-electron chi connectivity index (χ3n) is 2.44. The Labute approximate surface area is 110 Å². The Bertz CT molecular complexity index is 572. The van der Waals surface area contributed by atoms with E-state index in [1.807, 2.05) is 6.92 Å². The molecule has 2 aromatic rings. The normalized spacial score (nSPS) is 10.1. The Morgan fingerprint density at radius 3 is 2.83 bits per heavy atom. The van der Waals surface area contributed by atoms with Crippen molar-refractivity contribution in [1.29, 1.82) is 0 Å². The van der Waals surface area contributed by atoms with Gasteiger partial charge in [-0.2, -0.15) is 0 Å². The predicted octanol–water partition coefficient (Wildman–Crippen LogP) is 2.94. The van der Waals surface area contributed by atoms with Crippen molar-refractivity contribution < 1.29 is 4.79 Å². The van der Waals surface area contributed by atoms with Crippen LogP contribution in [-0.2, 0) is 6.42 Å². The molecule has 4 nitrogen and oxygen atoms in total.